The van der Waals surface area contributed by atoms with Crippen LogP contribution in [0.1, 0.15) is 32.3 Å². The van der Waals surface area contributed by atoms with E-state index in [1.807, 2.05) is 66.7 Å². The summed E-state index contributed by atoms with van der Waals surface area (Å²) < 4.78 is 5.75. The van der Waals surface area contributed by atoms with E-state index in [-0.39, 0.29) is 12.5 Å². The molecule has 166 valence electrons. The molecule has 0 heterocycles. The lowest BCUT2D eigenvalue weighted by Gasteiger charge is -2.23. The summed E-state index contributed by atoms with van der Waals surface area (Å²) in [6.45, 7) is 6.37. The third-order valence-corrected chi connectivity index (χ3v) is 4.98. The summed E-state index contributed by atoms with van der Waals surface area (Å²) in [4.78, 5) is 14.6. The van der Waals surface area contributed by atoms with Crippen LogP contribution in [0, 0.1) is 0 Å². The van der Waals surface area contributed by atoms with Crippen molar-refractivity contribution in [2.24, 2.45) is 5.10 Å². The van der Waals surface area contributed by atoms with E-state index in [1.165, 1.54) is 5.69 Å². The van der Waals surface area contributed by atoms with E-state index < -0.39 is 0 Å². The first-order chi connectivity index (χ1) is 15.7. The van der Waals surface area contributed by atoms with Crippen molar-refractivity contribution in [2.45, 2.75) is 26.7 Å². The zero-order valence-corrected chi connectivity index (χ0v) is 18.8. The first kappa shape index (κ1) is 23.1. The predicted octanol–water partition coefficient (Wildman–Crippen LogP) is 5.51. The molecule has 3 aromatic carbocycles. The van der Waals surface area contributed by atoms with Gasteiger partial charge in [-0.25, -0.2) is 5.43 Å². The van der Waals surface area contributed by atoms with E-state index in [0.717, 1.165) is 42.6 Å². The quantitative estimate of drug-likeness (QED) is 0.323. The first-order valence-corrected chi connectivity index (χ1v) is 11.2. The van der Waals surface area contributed by atoms with E-state index in [4.69, 9.17) is 4.74 Å². The van der Waals surface area contributed by atoms with Crippen molar-refractivity contribution in [1.82, 2.24) is 5.43 Å². The smallest absolute Gasteiger partial charge is 0.277 e. The number of nitrogens with zero attached hydrogens (tertiary/aromatic N) is 2. The van der Waals surface area contributed by atoms with Crippen LogP contribution in [0.3, 0.4) is 0 Å². The van der Waals surface area contributed by atoms with Crippen LogP contribution in [-0.2, 0) is 4.79 Å². The topological polar surface area (TPSA) is 53.9 Å². The van der Waals surface area contributed by atoms with Gasteiger partial charge in [0.2, 0.25) is 0 Å². The van der Waals surface area contributed by atoms with Gasteiger partial charge in [-0.15, -0.1) is 0 Å². The number of anilines is 1. The molecule has 5 nitrogen and oxygen atoms in total. The lowest BCUT2D eigenvalue weighted by atomic mass is 10.1. The Balaban J connectivity index is 1.52. The fourth-order valence-corrected chi connectivity index (χ4v) is 3.48. The van der Waals surface area contributed by atoms with Gasteiger partial charge in [-0.05, 0) is 42.2 Å². The highest BCUT2D eigenvalue weighted by molar-refractivity contribution is 5.83. The van der Waals surface area contributed by atoms with Gasteiger partial charge < -0.3 is 9.64 Å². The molecule has 0 fully saturated rings. The third-order valence-electron chi connectivity index (χ3n) is 4.98. The number of ether oxygens (including phenoxy) is 1. The van der Waals surface area contributed by atoms with Gasteiger partial charge in [-0.1, -0.05) is 74.5 Å². The molecule has 0 unspecified atom stereocenters. The maximum Gasteiger partial charge on any atom is 0.277 e. The summed E-state index contributed by atoms with van der Waals surface area (Å²) >= 11 is 0. The van der Waals surface area contributed by atoms with Gasteiger partial charge >= 0.3 is 0 Å². The average Bonchev–Trinajstić information content (AvgIpc) is 2.84. The Bertz CT molecular complexity index is 995. The van der Waals surface area contributed by atoms with Crippen molar-refractivity contribution in [1.29, 1.82) is 0 Å². The number of hydrazone groups is 1. The first-order valence-electron chi connectivity index (χ1n) is 11.2. The Morgan fingerprint density at radius 1 is 0.906 bits per heavy atom. The average molecular weight is 430 g/mol. The van der Waals surface area contributed by atoms with Crippen LogP contribution in [-0.4, -0.2) is 31.8 Å². The summed E-state index contributed by atoms with van der Waals surface area (Å²) in [7, 11) is 0. The van der Waals surface area contributed by atoms with E-state index in [1.54, 1.807) is 6.21 Å². The summed E-state index contributed by atoms with van der Waals surface area (Å²) in [6.07, 6.45) is 3.88. The normalized spacial score (nSPS) is 10.8. The van der Waals surface area contributed by atoms with Crippen molar-refractivity contribution in [3.63, 3.8) is 0 Å². The number of amides is 1. The van der Waals surface area contributed by atoms with E-state index >= 15 is 0 Å². The zero-order valence-electron chi connectivity index (χ0n) is 18.8. The van der Waals surface area contributed by atoms with Gasteiger partial charge in [0.05, 0.1) is 6.21 Å². The van der Waals surface area contributed by atoms with Crippen LogP contribution in [0.5, 0.6) is 5.75 Å². The van der Waals surface area contributed by atoms with Crippen molar-refractivity contribution < 1.29 is 9.53 Å². The number of nitrogens with one attached hydrogen (secondary N) is 1. The highest BCUT2D eigenvalue weighted by Gasteiger charge is 2.08. The monoisotopic (exact) mass is 429 g/mol. The Morgan fingerprint density at radius 3 is 2.25 bits per heavy atom. The minimum absolute atomic E-state index is 0.108. The molecule has 1 N–H and O–H groups in total. The second-order valence-corrected chi connectivity index (χ2v) is 7.52. The van der Waals surface area contributed by atoms with Crippen LogP contribution >= 0.6 is 0 Å². The van der Waals surface area contributed by atoms with Gasteiger partial charge in [-0.2, -0.15) is 5.10 Å². The van der Waals surface area contributed by atoms with Crippen molar-refractivity contribution in [3.8, 4) is 16.9 Å². The van der Waals surface area contributed by atoms with E-state index in [9.17, 15) is 4.79 Å². The molecule has 0 aromatic heterocycles. The van der Waals surface area contributed by atoms with Gasteiger partial charge in [0, 0.05) is 24.3 Å². The Kier molecular flexibility index (Phi) is 8.87. The number of hydrogen-bond acceptors (Lipinski definition) is 4. The number of para-hydroxylation sites is 1. The molecule has 0 saturated carbocycles. The molecule has 0 aliphatic rings. The van der Waals surface area contributed by atoms with Gasteiger partial charge in [0.1, 0.15) is 5.75 Å². The van der Waals surface area contributed by atoms with Crippen molar-refractivity contribution >= 4 is 17.8 Å². The highest BCUT2D eigenvalue weighted by atomic mass is 16.5. The Morgan fingerprint density at radius 2 is 1.56 bits per heavy atom. The second-order valence-electron chi connectivity index (χ2n) is 7.52. The molecular formula is C27H31N3O2. The minimum Gasteiger partial charge on any atom is -0.483 e. The standard InChI is InChI=1S/C27H31N3O2/c1-3-18-30(19-4-2)24-16-14-22(15-17-24)20-28-29-27(31)21-32-26-13-9-8-12-25(26)23-10-6-5-7-11-23/h5-17,20H,3-4,18-19,21H2,1-2H3,(H,29,31)/b28-20-. The van der Waals surface area contributed by atoms with Gasteiger partial charge in [0.15, 0.2) is 6.61 Å². The van der Waals surface area contributed by atoms with Crippen molar-refractivity contribution in [3.05, 3.63) is 84.4 Å². The molecule has 0 aliphatic heterocycles. The molecule has 0 radical (unpaired) electrons. The molecule has 3 aromatic rings. The molecular weight excluding hydrogens is 398 g/mol. The fraction of sp³-hybridized carbons (Fsp3) is 0.259. The molecule has 3 rings (SSSR count). The second kappa shape index (κ2) is 12.3. The van der Waals surface area contributed by atoms with E-state index in [0.29, 0.717) is 5.75 Å². The molecule has 0 saturated heterocycles. The predicted molar refractivity (Wildman–Crippen MR) is 132 cm³/mol. The molecule has 1 amide bonds. The van der Waals surface area contributed by atoms with Crippen LogP contribution in [0.4, 0.5) is 5.69 Å². The number of hydrogen-bond donors (Lipinski definition) is 1. The lowest BCUT2D eigenvalue weighted by Crippen LogP contribution is -2.25. The highest BCUT2D eigenvalue weighted by Crippen LogP contribution is 2.29. The number of benzene rings is 3. The number of rotatable bonds is 11. The largest absolute Gasteiger partial charge is 0.483 e. The van der Waals surface area contributed by atoms with Crippen LogP contribution < -0.4 is 15.1 Å². The zero-order chi connectivity index (χ0) is 22.6. The SMILES string of the molecule is CCCN(CCC)c1ccc(/C=N\NC(=O)COc2ccccc2-c2ccccc2)cc1. The maximum absolute atomic E-state index is 12.2. The molecule has 0 aliphatic carbocycles. The molecule has 32 heavy (non-hydrogen) atoms. The summed E-state index contributed by atoms with van der Waals surface area (Å²) in [5.74, 6) is 0.356. The summed E-state index contributed by atoms with van der Waals surface area (Å²) in [5, 5.41) is 4.06. The Hall–Kier alpha value is -3.60. The van der Waals surface area contributed by atoms with Crippen molar-refractivity contribution in [2.75, 3.05) is 24.6 Å². The Labute approximate surface area is 190 Å². The molecule has 5 heteroatoms. The van der Waals surface area contributed by atoms with Gasteiger partial charge in [0.25, 0.3) is 5.91 Å². The number of carbonyl (C=O) groups is 1. The van der Waals surface area contributed by atoms with Gasteiger partial charge in [-0.3, -0.25) is 4.79 Å². The molecule has 0 spiro atoms. The maximum atomic E-state index is 12.2. The third kappa shape index (κ3) is 6.71. The number of carbonyl (C=O) groups excluding carboxylic acids is 1. The van der Waals surface area contributed by atoms with Crippen LogP contribution in [0.25, 0.3) is 11.1 Å². The minimum atomic E-state index is -0.308. The summed E-state index contributed by atoms with van der Waals surface area (Å²) in [6, 6.07) is 25.9. The van der Waals surface area contributed by atoms with E-state index in [2.05, 4.69) is 41.4 Å². The fourth-order valence-electron chi connectivity index (χ4n) is 3.48. The molecule has 0 atom stereocenters. The van der Waals surface area contributed by atoms with Crippen LogP contribution in [0.15, 0.2) is 84.0 Å². The summed E-state index contributed by atoms with van der Waals surface area (Å²) in [5.41, 5.74) is 6.66. The lowest BCUT2D eigenvalue weighted by molar-refractivity contribution is -0.123. The molecule has 0 bridgehead atoms. The van der Waals surface area contributed by atoms with Crippen LogP contribution in [0.2, 0.25) is 0 Å².